The molecule has 0 spiro atoms. The van der Waals surface area contributed by atoms with E-state index in [1.807, 2.05) is 19.1 Å². The Morgan fingerprint density at radius 2 is 2.29 bits per heavy atom. The van der Waals surface area contributed by atoms with Gasteiger partial charge in [0.1, 0.15) is 0 Å². The van der Waals surface area contributed by atoms with Gasteiger partial charge in [-0.3, -0.25) is 4.90 Å². The second-order valence-corrected chi connectivity index (χ2v) is 5.51. The highest BCUT2D eigenvalue weighted by atomic mass is 16.5. The maximum Gasteiger partial charge on any atom is 0.160 e. The first-order valence-corrected chi connectivity index (χ1v) is 7.20. The summed E-state index contributed by atoms with van der Waals surface area (Å²) in [7, 11) is 1.55. The summed E-state index contributed by atoms with van der Waals surface area (Å²) in [6, 6.07) is 7.83. The Bertz CT molecular complexity index is 624. The van der Waals surface area contributed by atoms with Crippen molar-refractivity contribution in [3.05, 3.63) is 41.3 Å². The molecule has 1 saturated heterocycles. The minimum Gasteiger partial charge on any atom is -0.504 e. The van der Waals surface area contributed by atoms with Gasteiger partial charge in [-0.2, -0.15) is 0 Å². The van der Waals surface area contributed by atoms with Gasteiger partial charge in [0.25, 0.3) is 0 Å². The number of phenolic OH excluding ortho intramolecular Hbond substituents is 1. The molecule has 1 aromatic carbocycles. The van der Waals surface area contributed by atoms with Crippen LogP contribution in [0.15, 0.2) is 28.8 Å². The average molecular weight is 288 g/mol. The maximum atomic E-state index is 9.88. The first-order valence-electron chi connectivity index (χ1n) is 7.20. The molecule has 0 amide bonds. The van der Waals surface area contributed by atoms with E-state index in [-0.39, 0.29) is 11.8 Å². The largest absolute Gasteiger partial charge is 0.504 e. The Hall–Kier alpha value is -2.01. The fraction of sp³-hybridized carbons (Fsp3) is 0.438. The van der Waals surface area contributed by atoms with E-state index in [2.05, 4.69) is 10.1 Å². The van der Waals surface area contributed by atoms with E-state index in [0.717, 1.165) is 42.9 Å². The summed E-state index contributed by atoms with van der Waals surface area (Å²) >= 11 is 0. The van der Waals surface area contributed by atoms with Crippen LogP contribution >= 0.6 is 0 Å². The van der Waals surface area contributed by atoms with Crippen molar-refractivity contribution in [1.29, 1.82) is 0 Å². The van der Waals surface area contributed by atoms with Crippen LogP contribution in [0.2, 0.25) is 0 Å². The van der Waals surface area contributed by atoms with Crippen molar-refractivity contribution in [3.8, 4) is 11.5 Å². The molecule has 3 rings (SSSR count). The van der Waals surface area contributed by atoms with Crippen molar-refractivity contribution in [2.24, 2.45) is 0 Å². The van der Waals surface area contributed by atoms with Crippen LogP contribution < -0.4 is 4.74 Å². The number of aryl methyl sites for hydroxylation is 1. The third-order valence-electron chi connectivity index (χ3n) is 3.97. The number of rotatable bonds is 4. The summed E-state index contributed by atoms with van der Waals surface area (Å²) < 4.78 is 10.5. The van der Waals surface area contributed by atoms with Gasteiger partial charge in [0.2, 0.25) is 0 Å². The van der Waals surface area contributed by atoms with Crippen molar-refractivity contribution in [2.75, 3.05) is 13.7 Å². The predicted octanol–water partition coefficient (Wildman–Crippen LogP) is 3.03. The molecule has 2 heterocycles. The van der Waals surface area contributed by atoms with Crippen LogP contribution in [-0.4, -0.2) is 28.8 Å². The monoisotopic (exact) mass is 288 g/mol. The lowest BCUT2D eigenvalue weighted by Crippen LogP contribution is -2.22. The molecule has 1 N–H and O–H groups in total. The number of nitrogens with zero attached hydrogens (tertiary/aromatic N) is 2. The van der Waals surface area contributed by atoms with Crippen LogP contribution in [0.4, 0.5) is 0 Å². The molecule has 0 aliphatic carbocycles. The van der Waals surface area contributed by atoms with Crippen molar-refractivity contribution in [1.82, 2.24) is 10.1 Å². The molecule has 1 aliphatic heterocycles. The summed E-state index contributed by atoms with van der Waals surface area (Å²) in [5.41, 5.74) is 1.98. The lowest BCUT2D eigenvalue weighted by atomic mass is 10.1. The molecule has 0 radical (unpaired) electrons. The van der Waals surface area contributed by atoms with Crippen molar-refractivity contribution in [3.63, 3.8) is 0 Å². The van der Waals surface area contributed by atoms with E-state index in [4.69, 9.17) is 9.26 Å². The van der Waals surface area contributed by atoms with Crippen LogP contribution in [0, 0.1) is 6.92 Å². The van der Waals surface area contributed by atoms with Crippen LogP contribution in [-0.2, 0) is 6.54 Å². The Morgan fingerprint density at radius 1 is 1.43 bits per heavy atom. The van der Waals surface area contributed by atoms with Gasteiger partial charge in [-0.1, -0.05) is 11.2 Å². The molecule has 21 heavy (non-hydrogen) atoms. The molecule has 5 heteroatoms. The minimum atomic E-state index is 0.182. The SMILES string of the molecule is COc1ccc(CN2CCC[C@H]2c2cc(C)no2)cc1O. The Morgan fingerprint density at radius 3 is 2.95 bits per heavy atom. The second-order valence-electron chi connectivity index (χ2n) is 5.51. The van der Waals surface area contributed by atoms with Crippen LogP contribution in [0.1, 0.15) is 35.9 Å². The van der Waals surface area contributed by atoms with Gasteiger partial charge < -0.3 is 14.4 Å². The summed E-state index contributed by atoms with van der Waals surface area (Å²) in [5.74, 6) is 1.62. The summed E-state index contributed by atoms with van der Waals surface area (Å²) in [6.45, 7) is 3.74. The standard InChI is InChI=1S/C16H20N2O3/c1-11-8-16(21-17-11)13-4-3-7-18(13)10-12-5-6-15(20-2)14(19)9-12/h5-6,8-9,13,19H,3-4,7,10H2,1-2H3/t13-/m0/s1. The smallest absolute Gasteiger partial charge is 0.160 e. The van der Waals surface area contributed by atoms with Gasteiger partial charge in [0.15, 0.2) is 17.3 Å². The van der Waals surface area contributed by atoms with Gasteiger partial charge in [-0.05, 0) is 44.0 Å². The number of phenols is 1. The lowest BCUT2D eigenvalue weighted by Gasteiger charge is -2.22. The number of likely N-dealkylation sites (tertiary alicyclic amines) is 1. The van der Waals surface area contributed by atoms with Crippen LogP contribution in [0.25, 0.3) is 0 Å². The van der Waals surface area contributed by atoms with Crippen molar-refractivity contribution in [2.45, 2.75) is 32.4 Å². The molecule has 0 bridgehead atoms. The summed E-state index contributed by atoms with van der Waals surface area (Å²) in [6.07, 6.45) is 2.23. The summed E-state index contributed by atoms with van der Waals surface area (Å²) in [4.78, 5) is 2.36. The topological polar surface area (TPSA) is 58.7 Å². The second kappa shape index (κ2) is 5.77. The summed E-state index contributed by atoms with van der Waals surface area (Å²) in [5, 5.41) is 13.9. The number of hydrogen-bond donors (Lipinski definition) is 1. The van der Waals surface area contributed by atoms with Crippen molar-refractivity contribution >= 4 is 0 Å². The zero-order valence-electron chi connectivity index (χ0n) is 12.4. The average Bonchev–Trinajstić information content (AvgIpc) is 3.08. The zero-order chi connectivity index (χ0) is 14.8. The number of benzene rings is 1. The number of aromatic nitrogens is 1. The third kappa shape index (κ3) is 2.88. The number of hydrogen-bond acceptors (Lipinski definition) is 5. The van der Waals surface area contributed by atoms with E-state index in [1.165, 1.54) is 0 Å². The van der Waals surface area contributed by atoms with Gasteiger partial charge in [0.05, 0.1) is 18.8 Å². The van der Waals surface area contributed by atoms with Crippen LogP contribution in [0.3, 0.4) is 0 Å². The molecular formula is C16H20N2O3. The van der Waals surface area contributed by atoms with Gasteiger partial charge >= 0.3 is 0 Å². The Labute approximate surface area is 124 Å². The van der Waals surface area contributed by atoms with Crippen molar-refractivity contribution < 1.29 is 14.4 Å². The molecule has 5 nitrogen and oxygen atoms in total. The highest BCUT2D eigenvalue weighted by Crippen LogP contribution is 2.34. The van der Waals surface area contributed by atoms with E-state index in [1.54, 1.807) is 19.2 Å². The van der Waals surface area contributed by atoms with Gasteiger partial charge in [-0.25, -0.2) is 0 Å². The van der Waals surface area contributed by atoms with Gasteiger partial charge in [-0.15, -0.1) is 0 Å². The number of ether oxygens (including phenoxy) is 1. The number of methoxy groups -OCH3 is 1. The first kappa shape index (κ1) is 13.9. The van der Waals surface area contributed by atoms with Gasteiger partial charge in [0, 0.05) is 12.6 Å². The van der Waals surface area contributed by atoms with Crippen LogP contribution in [0.5, 0.6) is 11.5 Å². The quantitative estimate of drug-likeness (QED) is 0.937. The predicted molar refractivity (Wildman–Crippen MR) is 78.3 cm³/mol. The molecular weight excluding hydrogens is 268 g/mol. The fourth-order valence-corrected chi connectivity index (χ4v) is 2.95. The van der Waals surface area contributed by atoms with E-state index in [0.29, 0.717) is 5.75 Å². The highest BCUT2D eigenvalue weighted by Gasteiger charge is 2.29. The molecule has 0 saturated carbocycles. The molecule has 0 unspecified atom stereocenters. The third-order valence-corrected chi connectivity index (χ3v) is 3.97. The highest BCUT2D eigenvalue weighted by molar-refractivity contribution is 5.41. The molecule has 1 aliphatic rings. The zero-order valence-corrected chi connectivity index (χ0v) is 12.4. The molecule has 1 atom stereocenters. The molecule has 1 aromatic heterocycles. The fourth-order valence-electron chi connectivity index (χ4n) is 2.95. The Kier molecular flexibility index (Phi) is 3.84. The molecule has 112 valence electrons. The maximum absolute atomic E-state index is 9.88. The van der Waals surface area contributed by atoms with E-state index >= 15 is 0 Å². The number of aromatic hydroxyl groups is 1. The van der Waals surface area contributed by atoms with E-state index < -0.39 is 0 Å². The van der Waals surface area contributed by atoms with E-state index in [9.17, 15) is 5.11 Å². The first-order chi connectivity index (χ1) is 10.2. The lowest BCUT2D eigenvalue weighted by molar-refractivity contribution is 0.206. The minimum absolute atomic E-state index is 0.182. The Balaban J connectivity index is 1.75. The molecule has 2 aromatic rings. The normalized spacial score (nSPS) is 19.0. The molecule has 1 fully saturated rings.